The number of urea groups is 1. The summed E-state index contributed by atoms with van der Waals surface area (Å²) in [5.74, 6) is -3.01. The molecule has 0 aliphatic rings. The van der Waals surface area contributed by atoms with E-state index in [2.05, 4.69) is 5.32 Å². The SMILES string of the molecule is NCc1ccc(CCNC(N)=O)cc1.O=C([O-])C(F)(F)F. The molecule has 0 spiro atoms. The lowest BCUT2D eigenvalue weighted by Gasteiger charge is -2.03. The van der Waals surface area contributed by atoms with Crippen molar-refractivity contribution >= 4 is 12.0 Å². The standard InChI is InChI=1S/C10H15N3O.C2HF3O2/c11-7-9-3-1-8(2-4-9)5-6-13-10(12)14;3-2(4,5)1(6)7/h1-4H,5-7,11H2,(H3,12,13,14);(H,6,7)/p-1. The Hall–Kier alpha value is -2.29. The molecule has 0 fully saturated rings. The zero-order valence-corrected chi connectivity index (χ0v) is 10.9. The minimum absolute atomic E-state index is 0.483. The maximum absolute atomic E-state index is 10.5. The number of halogens is 3. The van der Waals surface area contributed by atoms with E-state index in [1.807, 2.05) is 24.3 Å². The molecular formula is C12H15F3N3O3-. The molecule has 1 aromatic carbocycles. The molecule has 0 atom stereocenters. The van der Waals surface area contributed by atoms with Gasteiger partial charge < -0.3 is 26.7 Å². The highest BCUT2D eigenvalue weighted by molar-refractivity contribution is 5.71. The normalized spacial score (nSPS) is 10.3. The van der Waals surface area contributed by atoms with E-state index in [1.54, 1.807) is 0 Å². The molecule has 0 aliphatic heterocycles. The molecule has 21 heavy (non-hydrogen) atoms. The summed E-state index contributed by atoms with van der Waals surface area (Å²) < 4.78 is 31.5. The molecule has 5 N–H and O–H groups in total. The maximum Gasteiger partial charge on any atom is 0.430 e. The second kappa shape index (κ2) is 8.80. The molecule has 0 unspecified atom stereocenters. The van der Waals surface area contributed by atoms with Gasteiger partial charge in [-0.1, -0.05) is 24.3 Å². The number of benzene rings is 1. The monoisotopic (exact) mass is 306 g/mol. The van der Waals surface area contributed by atoms with Gasteiger partial charge in [0.05, 0.1) is 0 Å². The molecule has 1 rings (SSSR count). The third-order valence-corrected chi connectivity index (χ3v) is 2.20. The summed E-state index contributed by atoms with van der Waals surface area (Å²) in [7, 11) is 0. The number of carboxylic acids is 1. The smallest absolute Gasteiger partial charge is 0.430 e. The number of alkyl halides is 3. The fourth-order valence-corrected chi connectivity index (χ4v) is 1.17. The van der Waals surface area contributed by atoms with E-state index in [0.29, 0.717) is 13.1 Å². The van der Waals surface area contributed by atoms with Crippen LogP contribution in [0.15, 0.2) is 24.3 Å². The Kier molecular flexibility index (Phi) is 7.84. The summed E-state index contributed by atoms with van der Waals surface area (Å²) >= 11 is 0. The summed E-state index contributed by atoms with van der Waals surface area (Å²) in [5, 5.41) is 11.3. The number of nitrogens with one attached hydrogen (secondary N) is 1. The van der Waals surface area contributed by atoms with Gasteiger partial charge in [0.1, 0.15) is 5.97 Å². The van der Waals surface area contributed by atoms with Gasteiger partial charge in [-0.15, -0.1) is 0 Å². The highest BCUT2D eigenvalue weighted by Crippen LogP contribution is 2.11. The first-order chi connectivity index (χ1) is 9.66. The van der Waals surface area contributed by atoms with Gasteiger partial charge in [0, 0.05) is 13.1 Å². The minimum Gasteiger partial charge on any atom is -0.542 e. The molecule has 0 aromatic heterocycles. The van der Waals surface area contributed by atoms with E-state index in [-0.39, 0.29) is 0 Å². The number of rotatable bonds is 4. The van der Waals surface area contributed by atoms with Gasteiger partial charge in [0.15, 0.2) is 0 Å². The summed E-state index contributed by atoms with van der Waals surface area (Å²) in [6.07, 6.45) is -4.41. The fourth-order valence-electron chi connectivity index (χ4n) is 1.17. The number of carboxylic acid groups (broad SMARTS) is 1. The predicted molar refractivity (Wildman–Crippen MR) is 66.7 cm³/mol. The van der Waals surface area contributed by atoms with Crippen molar-refractivity contribution in [2.75, 3.05) is 6.54 Å². The van der Waals surface area contributed by atoms with Crippen LogP contribution in [0.5, 0.6) is 0 Å². The van der Waals surface area contributed by atoms with Crippen molar-refractivity contribution in [1.82, 2.24) is 5.32 Å². The largest absolute Gasteiger partial charge is 0.542 e. The average Bonchev–Trinajstić information content (AvgIpc) is 2.38. The number of hydrogen-bond donors (Lipinski definition) is 3. The number of amides is 2. The number of nitrogens with two attached hydrogens (primary N) is 2. The second-order valence-electron chi connectivity index (χ2n) is 3.85. The van der Waals surface area contributed by atoms with E-state index in [1.165, 1.54) is 0 Å². The van der Waals surface area contributed by atoms with Gasteiger partial charge in [-0.2, -0.15) is 13.2 Å². The molecular weight excluding hydrogens is 291 g/mol. The summed E-state index contributed by atoms with van der Waals surface area (Å²) in [4.78, 5) is 19.2. The van der Waals surface area contributed by atoms with Gasteiger partial charge in [-0.25, -0.2) is 4.79 Å². The molecule has 0 radical (unpaired) electrons. The first-order valence-electron chi connectivity index (χ1n) is 5.76. The Balaban J connectivity index is 0.000000486. The Morgan fingerprint density at radius 1 is 1.14 bits per heavy atom. The van der Waals surface area contributed by atoms with Crippen molar-refractivity contribution in [3.05, 3.63) is 35.4 Å². The van der Waals surface area contributed by atoms with Crippen molar-refractivity contribution in [3.8, 4) is 0 Å². The van der Waals surface area contributed by atoms with Crippen molar-refractivity contribution in [1.29, 1.82) is 0 Å². The van der Waals surface area contributed by atoms with E-state index in [4.69, 9.17) is 21.4 Å². The van der Waals surface area contributed by atoms with E-state index in [0.717, 1.165) is 17.5 Å². The zero-order chi connectivity index (χ0) is 16.5. The second-order valence-corrected chi connectivity index (χ2v) is 3.85. The lowest BCUT2D eigenvalue weighted by Crippen LogP contribution is -2.37. The Morgan fingerprint density at radius 3 is 1.90 bits per heavy atom. The number of carbonyl (C=O) groups excluding carboxylic acids is 2. The van der Waals surface area contributed by atoms with Gasteiger partial charge in [0.25, 0.3) is 0 Å². The molecule has 0 bridgehead atoms. The molecule has 1 aromatic rings. The third kappa shape index (κ3) is 9.27. The molecule has 0 heterocycles. The molecule has 0 saturated heterocycles. The van der Waals surface area contributed by atoms with Crippen LogP contribution in [0.3, 0.4) is 0 Å². The van der Waals surface area contributed by atoms with Crippen molar-refractivity contribution in [2.24, 2.45) is 11.5 Å². The summed E-state index contributed by atoms with van der Waals surface area (Å²) in [5.41, 5.74) is 12.7. The summed E-state index contributed by atoms with van der Waals surface area (Å²) in [6, 6.07) is 7.50. The maximum atomic E-state index is 10.5. The Morgan fingerprint density at radius 2 is 1.57 bits per heavy atom. The van der Waals surface area contributed by atoms with E-state index < -0.39 is 18.2 Å². The van der Waals surface area contributed by atoms with Crippen LogP contribution in [0.1, 0.15) is 11.1 Å². The third-order valence-electron chi connectivity index (χ3n) is 2.20. The molecule has 6 nitrogen and oxygen atoms in total. The van der Waals surface area contributed by atoms with Crippen molar-refractivity contribution in [3.63, 3.8) is 0 Å². The number of hydrogen-bond acceptors (Lipinski definition) is 4. The lowest BCUT2D eigenvalue weighted by atomic mass is 10.1. The fraction of sp³-hybridized carbons (Fsp3) is 0.333. The van der Waals surface area contributed by atoms with Crippen LogP contribution in [-0.2, 0) is 17.8 Å². The van der Waals surface area contributed by atoms with Gasteiger partial charge in [-0.05, 0) is 17.5 Å². The van der Waals surface area contributed by atoms with Gasteiger partial charge >= 0.3 is 12.2 Å². The summed E-state index contributed by atoms with van der Waals surface area (Å²) in [6.45, 7) is 1.12. The molecule has 2 amide bonds. The van der Waals surface area contributed by atoms with Crippen molar-refractivity contribution in [2.45, 2.75) is 19.1 Å². The van der Waals surface area contributed by atoms with E-state index >= 15 is 0 Å². The van der Waals surface area contributed by atoms with Crippen molar-refractivity contribution < 1.29 is 27.9 Å². The van der Waals surface area contributed by atoms with Gasteiger partial charge in [0.2, 0.25) is 0 Å². The molecule has 0 saturated carbocycles. The predicted octanol–water partition coefficient (Wildman–Crippen LogP) is -0.345. The van der Waals surface area contributed by atoms with Gasteiger partial charge in [-0.3, -0.25) is 0 Å². The average molecular weight is 306 g/mol. The Labute approximate surface area is 118 Å². The first-order valence-corrected chi connectivity index (χ1v) is 5.76. The number of carbonyl (C=O) groups is 2. The van der Waals surface area contributed by atoms with Crippen LogP contribution in [0, 0.1) is 0 Å². The van der Waals surface area contributed by atoms with Crippen LogP contribution < -0.4 is 21.9 Å². The number of aliphatic carboxylic acids is 1. The molecule has 0 aliphatic carbocycles. The minimum atomic E-state index is -5.19. The number of primary amides is 1. The van der Waals surface area contributed by atoms with E-state index in [9.17, 15) is 18.0 Å². The van der Waals surface area contributed by atoms with Crippen LogP contribution >= 0.6 is 0 Å². The van der Waals surface area contributed by atoms with Crippen LogP contribution in [0.25, 0.3) is 0 Å². The first kappa shape index (κ1) is 18.7. The van der Waals surface area contributed by atoms with Crippen LogP contribution in [0.2, 0.25) is 0 Å². The quantitative estimate of drug-likeness (QED) is 0.704. The molecule has 9 heteroatoms. The lowest BCUT2D eigenvalue weighted by molar-refractivity contribution is -0.344. The Bertz CT molecular complexity index is 461. The van der Waals surface area contributed by atoms with Crippen LogP contribution in [-0.4, -0.2) is 24.7 Å². The molecule has 118 valence electrons. The zero-order valence-electron chi connectivity index (χ0n) is 10.9. The highest BCUT2D eigenvalue weighted by Gasteiger charge is 2.28. The topological polar surface area (TPSA) is 121 Å². The van der Waals surface area contributed by atoms with Crippen LogP contribution in [0.4, 0.5) is 18.0 Å². The highest BCUT2D eigenvalue weighted by atomic mass is 19.4.